The Bertz CT molecular complexity index is 594. The van der Waals surface area contributed by atoms with E-state index < -0.39 is 0 Å². The molecule has 1 N–H and O–H groups in total. The van der Waals surface area contributed by atoms with Gasteiger partial charge in [0.2, 0.25) is 0 Å². The summed E-state index contributed by atoms with van der Waals surface area (Å²) in [6.07, 6.45) is 1.75. The van der Waals surface area contributed by atoms with Crippen LogP contribution >= 0.6 is 11.6 Å². The number of nitrogens with zero attached hydrogens (tertiary/aromatic N) is 1. The van der Waals surface area contributed by atoms with E-state index in [1.54, 1.807) is 6.21 Å². The minimum Gasteiger partial charge on any atom is -0.494 e. The monoisotopic (exact) mass is 288 g/mol. The molecule has 0 aromatic heterocycles. The molecule has 0 aliphatic heterocycles. The number of nitrogens with one attached hydrogen (secondary N) is 1. The molecule has 0 unspecified atom stereocenters. The standard InChI is InChI=1S/C16H17ClN2O/c1-3-20-15-8-5-13(6-9-15)11-18-19-14-7-4-12(2)16(17)10-14/h4-11,19H,3H2,1-2H3/b18-11+. The highest BCUT2D eigenvalue weighted by atomic mass is 35.5. The first-order chi connectivity index (χ1) is 9.69. The predicted octanol–water partition coefficient (Wildman–Crippen LogP) is 4.49. The molecule has 0 spiro atoms. The first-order valence-corrected chi connectivity index (χ1v) is 6.85. The van der Waals surface area contributed by atoms with E-state index in [0.717, 1.165) is 27.6 Å². The van der Waals surface area contributed by atoms with Crippen LogP contribution in [0, 0.1) is 6.92 Å². The van der Waals surface area contributed by atoms with E-state index in [1.165, 1.54) is 0 Å². The molecule has 0 fully saturated rings. The molecular formula is C16H17ClN2O. The summed E-state index contributed by atoms with van der Waals surface area (Å²) in [5.74, 6) is 0.864. The molecule has 0 saturated heterocycles. The van der Waals surface area contributed by atoms with Crippen molar-refractivity contribution < 1.29 is 4.74 Å². The Morgan fingerprint density at radius 3 is 2.60 bits per heavy atom. The SMILES string of the molecule is CCOc1ccc(/C=N/Nc2ccc(C)c(Cl)c2)cc1. The normalized spacial score (nSPS) is 10.8. The lowest BCUT2D eigenvalue weighted by atomic mass is 10.2. The fraction of sp³-hybridized carbons (Fsp3) is 0.188. The van der Waals surface area contributed by atoms with Crippen LogP contribution in [0.2, 0.25) is 5.02 Å². The number of anilines is 1. The van der Waals surface area contributed by atoms with Gasteiger partial charge >= 0.3 is 0 Å². The summed E-state index contributed by atoms with van der Waals surface area (Å²) in [7, 11) is 0. The molecule has 104 valence electrons. The maximum Gasteiger partial charge on any atom is 0.119 e. The number of ether oxygens (including phenoxy) is 1. The molecule has 0 aliphatic carbocycles. The molecule has 0 radical (unpaired) electrons. The predicted molar refractivity (Wildman–Crippen MR) is 85.0 cm³/mol. The van der Waals surface area contributed by atoms with Gasteiger partial charge in [-0.3, -0.25) is 5.43 Å². The van der Waals surface area contributed by atoms with Crippen molar-refractivity contribution in [2.45, 2.75) is 13.8 Å². The molecule has 0 saturated carbocycles. The average Bonchev–Trinajstić information content (AvgIpc) is 2.45. The Labute approximate surface area is 124 Å². The Balaban J connectivity index is 1.97. The molecule has 0 amide bonds. The first-order valence-electron chi connectivity index (χ1n) is 6.47. The Morgan fingerprint density at radius 1 is 1.20 bits per heavy atom. The summed E-state index contributed by atoms with van der Waals surface area (Å²) in [5, 5.41) is 4.91. The van der Waals surface area contributed by atoms with E-state index in [0.29, 0.717) is 6.61 Å². The van der Waals surface area contributed by atoms with Gasteiger partial charge in [0.1, 0.15) is 5.75 Å². The fourth-order valence-electron chi connectivity index (χ4n) is 1.66. The van der Waals surface area contributed by atoms with Crippen molar-refractivity contribution in [3.05, 3.63) is 58.6 Å². The maximum atomic E-state index is 6.05. The van der Waals surface area contributed by atoms with Crippen LogP contribution in [0.25, 0.3) is 0 Å². The number of rotatable bonds is 5. The molecule has 0 aliphatic rings. The maximum absolute atomic E-state index is 6.05. The van der Waals surface area contributed by atoms with Crippen molar-refractivity contribution in [3.63, 3.8) is 0 Å². The van der Waals surface area contributed by atoms with Gasteiger partial charge in [0.15, 0.2) is 0 Å². The zero-order valence-electron chi connectivity index (χ0n) is 11.6. The smallest absolute Gasteiger partial charge is 0.119 e. The molecule has 0 heterocycles. The average molecular weight is 289 g/mol. The highest BCUT2D eigenvalue weighted by Gasteiger charge is 1.96. The topological polar surface area (TPSA) is 33.6 Å². The van der Waals surface area contributed by atoms with Gasteiger partial charge in [-0.1, -0.05) is 17.7 Å². The van der Waals surface area contributed by atoms with Crippen molar-refractivity contribution >= 4 is 23.5 Å². The van der Waals surface area contributed by atoms with Crippen LogP contribution < -0.4 is 10.2 Å². The summed E-state index contributed by atoms with van der Waals surface area (Å²) in [4.78, 5) is 0. The summed E-state index contributed by atoms with van der Waals surface area (Å²) >= 11 is 6.05. The van der Waals surface area contributed by atoms with Crippen LogP contribution in [-0.2, 0) is 0 Å². The van der Waals surface area contributed by atoms with Crippen LogP contribution in [0.1, 0.15) is 18.1 Å². The quantitative estimate of drug-likeness (QED) is 0.649. The van der Waals surface area contributed by atoms with E-state index in [2.05, 4.69) is 10.5 Å². The van der Waals surface area contributed by atoms with E-state index in [4.69, 9.17) is 16.3 Å². The molecule has 0 atom stereocenters. The third-order valence-corrected chi connectivity index (χ3v) is 3.18. The van der Waals surface area contributed by atoms with Gasteiger partial charge in [-0.25, -0.2) is 0 Å². The molecule has 2 aromatic rings. The van der Waals surface area contributed by atoms with Crippen molar-refractivity contribution in [2.75, 3.05) is 12.0 Å². The van der Waals surface area contributed by atoms with Crippen LogP contribution in [0.3, 0.4) is 0 Å². The highest BCUT2D eigenvalue weighted by molar-refractivity contribution is 6.31. The number of hydrogen-bond acceptors (Lipinski definition) is 3. The van der Waals surface area contributed by atoms with E-state index in [-0.39, 0.29) is 0 Å². The lowest BCUT2D eigenvalue weighted by molar-refractivity contribution is 0.340. The van der Waals surface area contributed by atoms with Crippen molar-refractivity contribution in [1.82, 2.24) is 0 Å². The third-order valence-electron chi connectivity index (χ3n) is 2.77. The number of halogens is 1. The second-order valence-electron chi connectivity index (χ2n) is 4.34. The van der Waals surface area contributed by atoms with E-state index >= 15 is 0 Å². The van der Waals surface area contributed by atoms with Gasteiger partial charge in [0, 0.05) is 5.02 Å². The molecule has 0 bridgehead atoms. The first kappa shape index (κ1) is 14.4. The number of hydrogen-bond donors (Lipinski definition) is 1. The van der Waals surface area contributed by atoms with Crippen LogP contribution in [0.4, 0.5) is 5.69 Å². The number of benzene rings is 2. The van der Waals surface area contributed by atoms with Gasteiger partial charge in [-0.05, 0) is 61.4 Å². The number of hydrazone groups is 1. The van der Waals surface area contributed by atoms with Crippen molar-refractivity contribution in [3.8, 4) is 5.75 Å². The second-order valence-corrected chi connectivity index (χ2v) is 4.74. The van der Waals surface area contributed by atoms with Crippen LogP contribution in [0.5, 0.6) is 5.75 Å². The van der Waals surface area contributed by atoms with Crippen LogP contribution in [-0.4, -0.2) is 12.8 Å². The fourth-order valence-corrected chi connectivity index (χ4v) is 1.84. The van der Waals surface area contributed by atoms with Gasteiger partial charge in [-0.15, -0.1) is 0 Å². The molecule has 20 heavy (non-hydrogen) atoms. The van der Waals surface area contributed by atoms with E-state index in [1.807, 2.05) is 56.3 Å². The summed E-state index contributed by atoms with van der Waals surface area (Å²) in [5.41, 5.74) is 5.87. The molecule has 4 heteroatoms. The van der Waals surface area contributed by atoms with Gasteiger partial charge in [-0.2, -0.15) is 5.10 Å². The molecular weight excluding hydrogens is 272 g/mol. The summed E-state index contributed by atoms with van der Waals surface area (Å²) in [6, 6.07) is 13.5. The van der Waals surface area contributed by atoms with Crippen molar-refractivity contribution in [2.24, 2.45) is 5.10 Å². The van der Waals surface area contributed by atoms with Gasteiger partial charge in [0.25, 0.3) is 0 Å². The largest absolute Gasteiger partial charge is 0.494 e. The minimum atomic E-state index is 0.670. The lowest BCUT2D eigenvalue weighted by Gasteiger charge is -2.03. The van der Waals surface area contributed by atoms with Crippen molar-refractivity contribution in [1.29, 1.82) is 0 Å². The second kappa shape index (κ2) is 6.96. The number of aryl methyl sites for hydroxylation is 1. The Kier molecular flexibility index (Phi) is 5.02. The zero-order chi connectivity index (χ0) is 14.4. The Hall–Kier alpha value is -2.00. The lowest BCUT2D eigenvalue weighted by Crippen LogP contribution is -1.93. The van der Waals surface area contributed by atoms with E-state index in [9.17, 15) is 0 Å². The molecule has 2 rings (SSSR count). The Morgan fingerprint density at radius 2 is 1.95 bits per heavy atom. The summed E-state index contributed by atoms with van der Waals surface area (Å²) < 4.78 is 5.38. The highest BCUT2D eigenvalue weighted by Crippen LogP contribution is 2.19. The summed E-state index contributed by atoms with van der Waals surface area (Å²) in [6.45, 7) is 4.60. The minimum absolute atomic E-state index is 0.670. The van der Waals surface area contributed by atoms with Gasteiger partial charge < -0.3 is 4.74 Å². The van der Waals surface area contributed by atoms with Gasteiger partial charge in [0.05, 0.1) is 18.5 Å². The molecule has 3 nitrogen and oxygen atoms in total. The van der Waals surface area contributed by atoms with Crippen LogP contribution in [0.15, 0.2) is 47.6 Å². The zero-order valence-corrected chi connectivity index (χ0v) is 12.3. The third kappa shape index (κ3) is 4.00. The molecule has 2 aromatic carbocycles.